The average Bonchev–Trinajstić information content (AvgIpc) is 1.93. The second-order valence-electron chi connectivity index (χ2n) is 1.66. The molecule has 3 heteroatoms. The van der Waals surface area contributed by atoms with E-state index >= 15 is 0 Å². The minimum atomic E-state index is -0.327. The molecule has 10 heavy (non-hydrogen) atoms. The minimum absolute atomic E-state index is 0.327. The van der Waals surface area contributed by atoms with E-state index in [4.69, 9.17) is 5.73 Å². The zero-order chi connectivity index (χ0) is 8.57. The van der Waals surface area contributed by atoms with Crippen molar-refractivity contribution in [2.45, 2.75) is 20.3 Å². The molecule has 3 nitrogen and oxygen atoms in total. The first kappa shape index (κ1) is 11.9. The largest absolute Gasteiger partial charge is 0.366 e. The van der Waals surface area contributed by atoms with Gasteiger partial charge in [-0.25, -0.2) is 0 Å². The Bertz CT molecular complexity index is 119. The van der Waals surface area contributed by atoms with Gasteiger partial charge in [0, 0.05) is 5.57 Å². The number of rotatable bonds is 2. The maximum atomic E-state index is 10.2. The van der Waals surface area contributed by atoms with Crippen molar-refractivity contribution in [3.05, 3.63) is 11.6 Å². The molecule has 0 bridgehead atoms. The first-order chi connectivity index (χ1) is 4.68. The normalized spacial score (nSPS) is 9.80. The van der Waals surface area contributed by atoms with E-state index in [0.717, 1.165) is 6.42 Å². The van der Waals surface area contributed by atoms with Crippen LogP contribution in [-0.2, 0) is 4.79 Å². The Balaban J connectivity index is 0. The molecule has 0 saturated carbocycles. The third-order valence-corrected chi connectivity index (χ3v) is 0.899. The van der Waals surface area contributed by atoms with Gasteiger partial charge in [-0.2, -0.15) is 0 Å². The zero-order valence-corrected chi connectivity index (χ0v) is 6.85. The predicted octanol–water partition coefficient (Wildman–Crippen LogP) is 0.403. The number of hydrogen-bond donors (Lipinski definition) is 2. The molecule has 0 heterocycles. The highest BCUT2D eigenvalue weighted by Crippen LogP contribution is 1.91. The zero-order valence-electron chi connectivity index (χ0n) is 6.85. The van der Waals surface area contributed by atoms with Crippen LogP contribution >= 0.6 is 0 Å². The maximum Gasteiger partial charge on any atom is 0.244 e. The second kappa shape index (κ2) is 8.17. The van der Waals surface area contributed by atoms with Crippen LogP contribution in [0.4, 0.5) is 0 Å². The summed E-state index contributed by atoms with van der Waals surface area (Å²) in [5, 5.41) is 0. The summed E-state index contributed by atoms with van der Waals surface area (Å²) in [7, 11) is 1.50. The third kappa shape index (κ3) is 7.17. The Labute approximate surface area is 62.1 Å². The summed E-state index contributed by atoms with van der Waals surface area (Å²) in [6, 6.07) is 0. The van der Waals surface area contributed by atoms with Gasteiger partial charge >= 0.3 is 0 Å². The standard InChI is InChI=1S/C6H11NO.CH5N/c1-3-4-5(2)6(7)8;1-2/h4H,3H2,1-2H3,(H2,7,8);2H2,1H3. The summed E-state index contributed by atoms with van der Waals surface area (Å²) in [4.78, 5) is 10.2. The molecule has 0 unspecified atom stereocenters. The Morgan fingerprint density at radius 1 is 1.50 bits per heavy atom. The van der Waals surface area contributed by atoms with Crippen LogP contribution in [0.3, 0.4) is 0 Å². The van der Waals surface area contributed by atoms with Crippen molar-refractivity contribution in [3.63, 3.8) is 0 Å². The van der Waals surface area contributed by atoms with Gasteiger partial charge in [-0.05, 0) is 20.4 Å². The average molecular weight is 144 g/mol. The van der Waals surface area contributed by atoms with Crippen molar-refractivity contribution in [1.82, 2.24) is 0 Å². The number of amides is 1. The molecule has 0 spiro atoms. The topological polar surface area (TPSA) is 69.1 Å². The van der Waals surface area contributed by atoms with Crippen molar-refractivity contribution in [2.24, 2.45) is 11.5 Å². The molecule has 1 amide bonds. The molecule has 0 aromatic rings. The molecular formula is C7H16N2O. The molecule has 0 atom stereocenters. The summed E-state index contributed by atoms with van der Waals surface area (Å²) >= 11 is 0. The van der Waals surface area contributed by atoms with Gasteiger partial charge < -0.3 is 11.5 Å². The van der Waals surface area contributed by atoms with Crippen LogP contribution in [-0.4, -0.2) is 13.0 Å². The lowest BCUT2D eigenvalue weighted by Gasteiger charge is -1.88. The van der Waals surface area contributed by atoms with Crippen LogP contribution in [0.5, 0.6) is 0 Å². The van der Waals surface area contributed by atoms with Gasteiger partial charge in [0.15, 0.2) is 0 Å². The molecule has 0 saturated heterocycles. The summed E-state index contributed by atoms with van der Waals surface area (Å²) in [5.41, 5.74) is 10.1. The molecule has 0 aliphatic heterocycles. The minimum Gasteiger partial charge on any atom is -0.366 e. The molecular weight excluding hydrogens is 128 g/mol. The molecule has 4 N–H and O–H groups in total. The highest BCUT2D eigenvalue weighted by Gasteiger charge is 1.91. The van der Waals surface area contributed by atoms with Crippen molar-refractivity contribution >= 4 is 5.91 Å². The maximum absolute atomic E-state index is 10.2. The summed E-state index contributed by atoms with van der Waals surface area (Å²) < 4.78 is 0. The number of primary amides is 1. The second-order valence-corrected chi connectivity index (χ2v) is 1.66. The van der Waals surface area contributed by atoms with Crippen LogP contribution < -0.4 is 11.5 Å². The van der Waals surface area contributed by atoms with Gasteiger partial charge in [-0.15, -0.1) is 0 Å². The van der Waals surface area contributed by atoms with E-state index in [-0.39, 0.29) is 5.91 Å². The lowest BCUT2D eigenvalue weighted by molar-refractivity contribution is -0.114. The number of carbonyl (C=O) groups excluding carboxylic acids is 1. The van der Waals surface area contributed by atoms with E-state index < -0.39 is 0 Å². The molecule has 0 aromatic heterocycles. The number of carbonyl (C=O) groups is 1. The number of allylic oxidation sites excluding steroid dienone is 1. The molecule has 0 radical (unpaired) electrons. The van der Waals surface area contributed by atoms with E-state index in [1.165, 1.54) is 7.05 Å². The highest BCUT2D eigenvalue weighted by atomic mass is 16.1. The lowest BCUT2D eigenvalue weighted by atomic mass is 10.2. The van der Waals surface area contributed by atoms with Gasteiger partial charge in [0.1, 0.15) is 0 Å². The monoisotopic (exact) mass is 144 g/mol. The number of nitrogens with two attached hydrogens (primary N) is 2. The van der Waals surface area contributed by atoms with Crippen LogP contribution in [0.25, 0.3) is 0 Å². The molecule has 0 fully saturated rings. The van der Waals surface area contributed by atoms with Crippen LogP contribution in [0.2, 0.25) is 0 Å². The highest BCUT2D eigenvalue weighted by molar-refractivity contribution is 5.91. The fourth-order valence-corrected chi connectivity index (χ4v) is 0.407. The Morgan fingerprint density at radius 2 is 1.90 bits per heavy atom. The van der Waals surface area contributed by atoms with Crippen molar-refractivity contribution in [3.8, 4) is 0 Å². The van der Waals surface area contributed by atoms with Crippen LogP contribution in [0.15, 0.2) is 11.6 Å². The van der Waals surface area contributed by atoms with Gasteiger partial charge in [-0.3, -0.25) is 4.79 Å². The van der Waals surface area contributed by atoms with E-state index in [9.17, 15) is 4.79 Å². The van der Waals surface area contributed by atoms with E-state index in [0.29, 0.717) is 5.57 Å². The van der Waals surface area contributed by atoms with Gasteiger partial charge in [-0.1, -0.05) is 13.0 Å². The smallest absolute Gasteiger partial charge is 0.244 e. The Kier molecular flexibility index (Phi) is 9.73. The van der Waals surface area contributed by atoms with Crippen LogP contribution in [0.1, 0.15) is 20.3 Å². The SMILES string of the molecule is CCC=C(C)C(N)=O.CN. The van der Waals surface area contributed by atoms with E-state index in [1.807, 2.05) is 13.0 Å². The summed E-state index contributed by atoms with van der Waals surface area (Å²) in [6.07, 6.45) is 2.68. The lowest BCUT2D eigenvalue weighted by Crippen LogP contribution is -2.11. The summed E-state index contributed by atoms with van der Waals surface area (Å²) in [5.74, 6) is -0.327. The molecule has 60 valence electrons. The fraction of sp³-hybridized carbons (Fsp3) is 0.571. The van der Waals surface area contributed by atoms with E-state index in [1.54, 1.807) is 6.92 Å². The first-order valence-electron chi connectivity index (χ1n) is 3.22. The Hall–Kier alpha value is -0.830. The molecule has 0 aliphatic rings. The molecule has 0 aliphatic carbocycles. The fourth-order valence-electron chi connectivity index (χ4n) is 0.407. The van der Waals surface area contributed by atoms with Crippen molar-refractivity contribution in [2.75, 3.05) is 7.05 Å². The van der Waals surface area contributed by atoms with Gasteiger partial charge in [0.25, 0.3) is 0 Å². The number of hydrogen-bond acceptors (Lipinski definition) is 2. The van der Waals surface area contributed by atoms with Gasteiger partial charge in [0.05, 0.1) is 0 Å². The van der Waals surface area contributed by atoms with Crippen molar-refractivity contribution in [1.29, 1.82) is 0 Å². The molecule has 0 aromatic carbocycles. The quantitative estimate of drug-likeness (QED) is 0.551. The predicted molar refractivity (Wildman–Crippen MR) is 43.4 cm³/mol. The van der Waals surface area contributed by atoms with E-state index in [2.05, 4.69) is 5.73 Å². The van der Waals surface area contributed by atoms with Crippen molar-refractivity contribution < 1.29 is 4.79 Å². The Morgan fingerprint density at radius 3 is 2.00 bits per heavy atom. The third-order valence-electron chi connectivity index (χ3n) is 0.899. The van der Waals surface area contributed by atoms with Gasteiger partial charge in [0.2, 0.25) is 5.91 Å². The van der Waals surface area contributed by atoms with Crippen LogP contribution in [0, 0.1) is 0 Å². The summed E-state index contributed by atoms with van der Waals surface area (Å²) in [6.45, 7) is 3.68. The molecule has 0 rings (SSSR count). The first-order valence-corrected chi connectivity index (χ1v) is 3.22.